The molecule has 0 aliphatic rings. The van der Waals surface area contributed by atoms with Crippen LogP contribution in [0.1, 0.15) is 24.1 Å². The zero-order chi connectivity index (χ0) is 14.4. The van der Waals surface area contributed by atoms with Gasteiger partial charge < -0.3 is 15.2 Å². The fourth-order valence-electron chi connectivity index (χ4n) is 2.28. The minimum atomic E-state index is 0.0851. The summed E-state index contributed by atoms with van der Waals surface area (Å²) in [6.07, 6.45) is 0. The van der Waals surface area contributed by atoms with E-state index < -0.39 is 0 Å². The van der Waals surface area contributed by atoms with Gasteiger partial charge in [0.05, 0.1) is 12.6 Å². The van der Waals surface area contributed by atoms with Crippen molar-refractivity contribution in [3.05, 3.63) is 65.7 Å². The third-order valence-corrected chi connectivity index (χ3v) is 3.23. The Labute approximate surface area is 120 Å². The highest BCUT2D eigenvalue weighted by molar-refractivity contribution is 5.35. The van der Waals surface area contributed by atoms with Crippen LogP contribution in [0.3, 0.4) is 0 Å². The predicted molar refractivity (Wildman–Crippen MR) is 80.9 cm³/mol. The highest BCUT2D eigenvalue weighted by Gasteiger charge is 2.16. The molecule has 2 aromatic rings. The van der Waals surface area contributed by atoms with Crippen LogP contribution in [0.4, 0.5) is 0 Å². The van der Waals surface area contributed by atoms with Crippen molar-refractivity contribution in [3.8, 4) is 5.75 Å². The summed E-state index contributed by atoms with van der Waals surface area (Å²) in [5, 5.41) is 13.0. The van der Waals surface area contributed by atoms with Crippen molar-refractivity contribution in [2.45, 2.75) is 19.0 Å². The quantitative estimate of drug-likeness (QED) is 0.848. The standard InChI is InChI=1S/C17H21NO2/c1-13(12-20-2)18-17(14-6-4-3-5-7-14)15-8-10-16(19)11-9-15/h3-11,13,17-19H,12H2,1-2H3. The van der Waals surface area contributed by atoms with Crippen molar-refractivity contribution in [3.63, 3.8) is 0 Å². The summed E-state index contributed by atoms with van der Waals surface area (Å²) in [6, 6.07) is 17.9. The third kappa shape index (κ3) is 3.83. The van der Waals surface area contributed by atoms with E-state index in [-0.39, 0.29) is 17.8 Å². The lowest BCUT2D eigenvalue weighted by molar-refractivity contribution is 0.169. The van der Waals surface area contributed by atoms with Gasteiger partial charge in [0.1, 0.15) is 5.75 Å². The molecule has 0 saturated heterocycles. The molecular weight excluding hydrogens is 250 g/mol. The monoisotopic (exact) mass is 271 g/mol. The largest absolute Gasteiger partial charge is 0.508 e. The Morgan fingerprint density at radius 2 is 1.60 bits per heavy atom. The number of benzene rings is 2. The van der Waals surface area contributed by atoms with Crippen LogP contribution in [0.5, 0.6) is 5.75 Å². The maximum atomic E-state index is 9.43. The molecule has 106 valence electrons. The molecule has 0 aliphatic carbocycles. The van der Waals surface area contributed by atoms with Crippen molar-refractivity contribution in [2.24, 2.45) is 0 Å². The third-order valence-electron chi connectivity index (χ3n) is 3.23. The van der Waals surface area contributed by atoms with Crippen LogP contribution >= 0.6 is 0 Å². The Kier molecular flexibility index (Phi) is 5.16. The summed E-state index contributed by atoms with van der Waals surface area (Å²) in [6.45, 7) is 2.75. The average Bonchev–Trinajstić information content (AvgIpc) is 2.47. The maximum Gasteiger partial charge on any atom is 0.115 e. The van der Waals surface area contributed by atoms with Gasteiger partial charge in [0.2, 0.25) is 0 Å². The van der Waals surface area contributed by atoms with Crippen LogP contribution in [-0.2, 0) is 4.74 Å². The van der Waals surface area contributed by atoms with Crippen molar-refractivity contribution < 1.29 is 9.84 Å². The normalized spacial score (nSPS) is 13.9. The minimum Gasteiger partial charge on any atom is -0.508 e. The maximum absolute atomic E-state index is 9.43. The second kappa shape index (κ2) is 7.08. The van der Waals surface area contributed by atoms with Gasteiger partial charge in [-0.1, -0.05) is 42.5 Å². The van der Waals surface area contributed by atoms with E-state index in [9.17, 15) is 5.11 Å². The molecule has 0 heterocycles. The summed E-state index contributed by atoms with van der Waals surface area (Å²) in [5.74, 6) is 0.283. The van der Waals surface area contributed by atoms with Crippen LogP contribution in [0.15, 0.2) is 54.6 Å². The predicted octanol–water partition coefficient (Wildman–Crippen LogP) is 3.11. The van der Waals surface area contributed by atoms with Gasteiger partial charge >= 0.3 is 0 Å². The van der Waals surface area contributed by atoms with Gasteiger partial charge in [-0.2, -0.15) is 0 Å². The van der Waals surface area contributed by atoms with Gasteiger partial charge in [0.25, 0.3) is 0 Å². The summed E-state index contributed by atoms with van der Waals surface area (Å²) in [5.41, 5.74) is 2.32. The van der Waals surface area contributed by atoms with Gasteiger partial charge in [-0.25, -0.2) is 0 Å². The van der Waals surface area contributed by atoms with Crippen LogP contribution < -0.4 is 5.32 Å². The van der Waals surface area contributed by atoms with E-state index in [0.29, 0.717) is 6.61 Å². The molecule has 0 bridgehead atoms. The SMILES string of the molecule is COCC(C)NC(c1ccccc1)c1ccc(O)cc1. The van der Waals surface area contributed by atoms with E-state index in [1.807, 2.05) is 30.3 Å². The van der Waals surface area contributed by atoms with Gasteiger partial charge in [-0.05, 0) is 30.2 Å². The van der Waals surface area contributed by atoms with Crippen LogP contribution in [0.2, 0.25) is 0 Å². The van der Waals surface area contributed by atoms with Crippen molar-refractivity contribution in [1.29, 1.82) is 0 Å². The lowest BCUT2D eigenvalue weighted by atomic mass is 9.98. The first-order valence-corrected chi connectivity index (χ1v) is 6.79. The summed E-state index contributed by atoms with van der Waals surface area (Å²) >= 11 is 0. The zero-order valence-corrected chi connectivity index (χ0v) is 11.9. The summed E-state index contributed by atoms with van der Waals surface area (Å²) in [7, 11) is 1.70. The molecule has 0 fully saturated rings. The molecule has 3 nitrogen and oxygen atoms in total. The first-order chi connectivity index (χ1) is 9.70. The number of hydrogen-bond acceptors (Lipinski definition) is 3. The molecule has 0 amide bonds. The lowest BCUT2D eigenvalue weighted by Gasteiger charge is -2.24. The first-order valence-electron chi connectivity index (χ1n) is 6.79. The second-order valence-electron chi connectivity index (χ2n) is 4.96. The molecule has 0 radical (unpaired) electrons. The van der Waals surface area contributed by atoms with E-state index in [0.717, 1.165) is 5.56 Å². The van der Waals surface area contributed by atoms with Crippen LogP contribution in [0, 0.1) is 0 Å². The number of phenols is 1. The van der Waals surface area contributed by atoms with E-state index in [4.69, 9.17) is 4.74 Å². The number of methoxy groups -OCH3 is 1. The Balaban J connectivity index is 2.26. The van der Waals surface area contributed by atoms with Crippen molar-refractivity contribution >= 4 is 0 Å². The van der Waals surface area contributed by atoms with E-state index >= 15 is 0 Å². The van der Waals surface area contributed by atoms with Gasteiger partial charge in [0.15, 0.2) is 0 Å². The summed E-state index contributed by atoms with van der Waals surface area (Å²) < 4.78 is 5.19. The molecule has 2 N–H and O–H groups in total. The molecule has 2 rings (SSSR count). The zero-order valence-electron chi connectivity index (χ0n) is 11.9. The Morgan fingerprint density at radius 1 is 1.00 bits per heavy atom. The number of ether oxygens (including phenoxy) is 1. The Bertz CT molecular complexity index is 510. The molecule has 2 unspecified atom stereocenters. The number of phenolic OH excluding ortho intramolecular Hbond substituents is 1. The fraction of sp³-hybridized carbons (Fsp3) is 0.294. The molecule has 20 heavy (non-hydrogen) atoms. The van der Waals surface area contributed by atoms with Crippen molar-refractivity contribution in [2.75, 3.05) is 13.7 Å². The van der Waals surface area contributed by atoms with Crippen LogP contribution in [-0.4, -0.2) is 24.9 Å². The topological polar surface area (TPSA) is 41.5 Å². The minimum absolute atomic E-state index is 0.0851. The van der Waals surface area contributed by atoms with Gasteiger partial charge in [-0.15, -0.1) is 0 Å². The highest BCUT2D eigenvalue weighted by Crippen LogP contribution is 2.24. The molecular formula is C17H21NO2. The van der Waals surface area contributed by atoms with E-state index in [1.165, 1.54) is 5.56 Å². The number of nitrogens with one attached hydrogen (secondary N) is 1. The van der Waals surface area contributed by atoms with E-state index in [2.05, 4.69) is 24.4 Å². The Morgan fingerprint density at radius 3 is 2.20 bits per heavy atom. The first kappa shape index (κ1) is 14.6. The number of hydrogen-bond donors (Lipinski definition) is 2. The number of aromatic hydroxyl groups is 1. The Hall–Kier alpha value is -1.84. The molecule has 0 spiro atoms. The van der Waals surface area contributed by atoms with Crippen molar-refractivity contribution in [1.82, 2.24) is 5.32 Å². The molecule has 0 aliphatic heterocycles. The fourth-order valence-corrected chi connectivity index (χ4v) is 2.28. The van der Waals surface area contributed by atoms with Gasteiger partial charge in [0, 0.05) is 13.2 Å². The molecule has 3 heteroatoms. The average molecular weight is 271 g/mol. The van der Waals surface area contributed by atoms with E-state index in [1.54, 1.807) is 19.2 Å². The molecule has 0 saturated carbocycles. The lowest BCUT2D eigenvalue weighted by Crippen LogP contribution is -2.34. The molecule has 2 aromatic carbocycles. The smallest absolute Gasteiger partial charge is 0.115 e. The molecule has 0 aromatic heterocycles. The highest BCUT2D eigenvalue weighted by atomic mass is 16.5. The second-order valence-corrected chi connectivity index (χ2v) is 4.96. The van der Waals surface area contributed by atoms with Gasteiger partial charge in [-0.3, -0.25) is 0 Å². The number of rotatable bonds is 6. The summed E-state index contributed by atoms with van der Waals surface area (Å²) in [4.78, 5) is 0. The molecule has 2 atom stereocenters. The van der Waals surface area contributed by atoms with Crippen LogP contribution in [0.25, 0.3) is 0 Å².